The highest BCUT2D eigenvalue weighted by molar-refractivity contribution is 6.34. The number of carboxylic acids is 1. The van der Waals surface area contributed by atoms with Crippen molar-refractivity contribution in [3.8, 4) is 5.88 Å². The fourth-order valence-corrected chi connectivity index (χ4v) is 4.44. The molecule has 0 aliphatic heterocycles. The molecule has 0 spiro atoms. The topological polar surface area (TPSA) is 153 Å². The molecule has 4 aromatic rings. The number of aromatic hydroxyl groups is 1. The molecule has 1 heterocycles. The van der Waals surface area contributed by atoms with Gasteiger partial charge >= 0.3 is 5.97 Å². The number of guanidine groups is 1. The van der Waals surface area contributed by atoms with Crippen molar-refractivity contribution in [3.63, 3.8) is 0 Å². The van der Waals surface area contributed by atoms with Crippen LogP contribution < -0.4 is 16.4 Å². The van der Waals surface area contributed by atoms with Crippen molar-refractivity contribution in [3.05, 3.63) is 88.0 Å². The normalized spacial score (nSPS) is 11.7. The Morgan fingerprint density at radius 1 is 0.972 bits per heavy atom. The third-order valence-electron chi connectivity index (χ3n) is 5.47. The number of nitrogens with two attached hydrogens (primary N) is 1. The number of benzene rings is 3. The summed E-state index contributed by atoms with van der Waals surface area (Å²) < 4.78 is 1.45. The highest BCUT2D eigenvalue weighted by atomic mass is 35.5. The average molecular weight is 526 g/mol. The Labute approximate surface area is 215 Å². The second-order valence-corrected chi connectivity index (χ2v) is 8.92. The number of anilines is 2. The molecule has 184 valence electrons. The first kappa shape index (κ1) is 24.9. The largest absolute Gasteiger partial charge is 0.494 e. The second kappa shape index (κ2) is 10.2. The van der Waals surface area contributed by atoms with Gasteiger partial charge in [0.1, 0.15) is 0 Å². The van der Waals surface area contributed by atoms with Crippen molar-refractivity contribution >= 4 is 63.2 Å². The lowest BCUT2D eigenvalue weighted by molar-refractivity contribution is -0.137. The van der Waals surface area contributed by atoms with Crippen molar-refractivity contribution in [2.75, 3.05) is 10.6 Å². The van der Waals surface area contributed by atoms with E-state index in [1.165, 1.54) is 4.57 Å². The molecule has 0 saturated carbocycles. The highest BCUT2D eigenvalue weighted by Crippen LogP contribution is 2.37. The number of halogens is 2. The number of nitrogens with one attached hydrogen (secondary N) is 3. The predicted octanol–water partition coefficient (Wildman–Crippen LogP) is 5.28. The number of aliphatic carboxylic acids is 1. The van der Waals surface area contributed by atoms with Crippen molar-refractivity contribution in [2.24, 2.45) is 5.73 Å². The van der Waals surface area contributed by atoms with Gasteiger partial charge in [0.15, 0.2) is 11.8 Å². The molecule has 0 fully saturated rings. The lowest BCUT2D eigenvalue weighted by Crippen LogP contribution is -2.20. The van der Waals surface area contributed by atoms with Crippen LogP contribution in [0, 0.1) is 5.41 Å². The summed E-state index contributed by atoms with van der Waals surface area (Å²) in [6.07, 6.45) is 1.32. The first-order chi connectivity index (χ1) is 17.1. The molecular formula is C25H21Cl2N5O4. The number of fused-ring (bicyclic) bond motifs is 1. The van der Waals surface area contributed by atoms with Gasteiger partial charge in [-0.2, -0.15) is 0 Å². The minimum absolute atomic E-state index is 0.164. The maximum atomic E-state index is 12.7. The molecular weight excluding hydrogens is 505 g/mol. The fraction of sp³-hybridized carbons (Fsp3) is 0.0800. The van der Waals surface area contributed by atoms with Crippen LogP contribution in [0.5, 0.6) is 5.88 Å². The molecule has 11 heteroatoms. The smallest absolute Gasteiger partial charge is 0.305 e. The van der Waals surface area contributed by atoms with E-state index in [4.69, 9.17) is 34.3 Å². The molecule has 1 atom stereocenters. The van der Waals surface area contributed by atoms with Crippen molar-refractivity contribution in [1.82, 2.24) is 4.57 Å². The van der Waals surface area contributed by atoms with Gasteiger partial charge < -0.3 is 31.1 Å². The van der Waals surface area contributed by atoms with E-state index in [2.05, 4.69) is 10.6 Å². The molecule has 1 aromatic heterocycles. The minimum Gasteiger partial charge on any atom is -0.494 e. The van der Waals surface area contributed by atoms with Gasteiger partial charge in [-0.25, -0.2) is 0 Å². The molecule has 0 radical (unpaired) electrons. The van der Waals surface area contributed by atoms with Crippen LogP contribution in [0.2, 0.25) is 10.0 Å². The molecule has 3 aromatic carbocycles. The molecule has 4 rings (SSSR count). The van der Waals surface area contributed by atoms with Crippen molar-refractivity contribution in [1.29, 1.82) is 5.41 Å². The van der Waals surface area contributed by atoms with Gasteiger partial charge in [-0.1, -0.05) is 29.3 Å². The van der Waals surface area contributed by atoms with E-state index in [1.807, 2.05) is 0 Å². The number of carboxylic acid groups (broad SMARTS) is 1. The summed E-state index contributed by atoms with van der Waals surface area (Å²) in [6, 6.07) is 15.4. The van der Waals surface area contributed by atoms with E-state index in [0.29, 0.717) is 43.3 Å². The fourth-order valence-electron chi connectivity index (χ4n) is 3.90. The Hall–Kier alpha value is -4.21. The second-order valence-electron chi connectivity index (χ2n) is 8.05. The predicted molar refractivity (Wildman–Crippen MR) is 140 cm³/mol. The molecule has 36 heavy (non-hydrogen) atoms. The van der Waals surface area contributed by atoms with Gasteiger partial charge in [0.25, 0.3) is 5.91 Å². The molecule has 0 aliphatic rings. The number of amides is 1. The standard InChI is InChI=1S/C25H21Cl2N5O4/c26-16-7-15(8-17(27)9-16)21(11-22(33)34)32-12-14-3-6-19(10-20(14)24(32)36)30-23(35)13-1-4-18(5-2-13)31-25(28)29/h1-10,12,21,36H,11H2,(H,30,35)(H,33,34)(H4,28,29,31). The Morgan fingerprint density at radius 3 is 2.22 bits per heavy atom. The number of hydrogen-bond acceptors (Lipinski definition) is 4. The molecule has 0 saturated heterocycles. The van der Waals surface area contributed by atoms with Crippen LogP contribution in [-0.2, 0) is 4.79 Å². The lowest BCUT2D eigenvalue weighted by Gasteiger charge is -2.19. The molecule has 7 N–H and O–H groups in total. The van der Waals surface area contributed by atoms with Gasteiger partial charge in [-0.3, -0.25) is 15.0 Å². The van der Waals surface area contributed by atoms with Crippen LogP contribution >= 0.6 is 23.2 Å². The Kier molecular flexibility index (Phi) is 7.05. The Bertz CT molecular complexity index is 1460. The van der Waals surface area contributed by atoms with E-state index in [-0.39, 0.29) is 24.2 Å². The first-order valence-electron chi connectivity index (χ1n) is 10.6. The van der Waals surface area contributed by atoms with E-state index < -0.39 is 12.0 Å². The average Bonchev–Trinajstić information content (AvgIpc) is 3.12. The monoisotopic (exact) mass is 525 g/mol. The third kappa shape index (κ3) is 5.54. The van der Waals surface area contributed by atoms with Gasteiger partial charge in [0, 0.05) is 44.0 Å². The van der Waals surface area contributed by atoms with Crippen LogP contribution in [0.4, 0.5) is 11.4 Å². The SMILES string of the molecule is N=C(N)Nc1ccc(C(=O)Nc2ccc3cn(C(CC(=O)O)c4cc(Cl)cc(Cl)c4)c(O)c3c2)cc1. The Balaban J connectivity index is 1.64. The molecule has 9 nitrogen and oxygen atoms in total. The maximum absolute atomic E-state index is 12.7. The quantitative estimate of drug-likeness (QED) is 0.142. The molecule has 1 amide bonds. The number of rotatable bonds is 7. The van der Waals surface area contributed by atoms with Crippen molar-refractivity contribution < 1.29 is 19.8 Å². The van der Waals surface area contributed by atoms with Crippen LogP contribution in [0.1, 0.15) is 28.4 Å². The zero-order chi connectivity index (χ0) is 26.0. The summed E-state index contributed by atoms with van der Waals surface area (Å²) in [5.41, 5.74) is 7.22. The number of carbonyl (C=O) groups is 2. The van der Waals surface area contributed by atoms with E-state index in [0.717, 1.165) is 0 Å². The van der Waals surface area contributed by atoms with Gasteiger partial charge in [-0.05, 0) is 60.2 Å². The van der Waals surface area contributed by atoms with Gasteiger partial charge in [0.05, 0.1) is 12.5 Å². The zero-order valence-electron chi connectivity index (χ0n) is 18.6. The summed E-state index contributed by atoms with van der Waals surface area (Å²) >= 11 is 12.2. The number of hydrogen-bond donors (Lipinski definition) is 6. The van der Waals surface area contributed by atoms with Crippen molar-refractivity contribution in [2.45, 2.75) is 12.5 Å². The van der Waals surface area contributed by atoms with Crippen LogP contribution in [0.15, 0.2) is 66.9 Å². The number of aromatic nitrogens is 1. The van der Waals surface area contributed by atoms with Gasteiger partial charge in [-0.15, -0.1) is 0 Å². The van der Waals surface area contributed by atoms with Gasteiger partial charge in [0.2, 0.25) is 0 Å². The van der Waals surface area contributed by atoms with Crippen LogP contribution in [0.25, 0.3) is 10.8 Å². The summed E-state index contributed by atoms with van der Waals surface area (Å²) in [4.78, 5) is 24.3. The first-order valence-corrected chi connectivity index (χ1v) is 11.4. The third-order valence-corrected chi connectivity index (χ3v) is 5.91. The minimum atomic E-state index is -1.06. The summed E-state index contributed by atoms with van der Waals surface area (Å²) in [5, 5.41) is 34.9. The highest BCUT2D eigenvalue weighted by Gasteiger charge is 2.23. The van der Waals surface area contributed by atoms with E-state index in [9.17, 15) is 19.8 Å². The summed E-state index contributed by atoms with van der Waals surface area (Å²) in [5.74, 6) is -1.81. The maximum Gasteiger partial charge on any atom is 0.305 e. The number of carbonyl (C=O) groups excluding carboxylic acids is 1. The zero-order valence-corrected chi connectivity index (χ0v) is 20.1. The summed E-state index contributed by atoms with van der Waals surface area (Å²) in [7, 11) is 0. The Morgan fingerprint density at radius 2 is 1.61 bits per heavy atom. The number of nitrogens with zero attached hydrogens (tertiary/aromatic N) is 1. The van der Waals surface area contributed by atoms with E-state index >= 15 is 0 Å². The lowest BCUT2D eigenvalue weighted by atomic mass is 10.0. The van der Waals surface area contributed by atoms with Crippen LogP contribution in [0.3, 0.4) is 0 Å². The molecule has 1 unspecified atom stereocenters. The van der Waals surface area contributed by atoms with E-state index in [1.54, 1.807) is 66.9 Å². The summed E-state index contributed by atoms with van der Waals surface area (Å²) in [6.45, 7) is 0. The molecule has 0 aliphatic carbocycles. The van der Waals surface area contributed by atoms with Crippen LogP contribution in [-0.4, -0.2) is 32.6 Å². The molecule has 0 bridgehead atoms.